The number of amides is 1. The monoisotopic (exact) mass is 266 g/mol. The molecule has 6 nitrogen and oxygen atoms in total. The van der Waals surface area contributed by atoms with Crippen LogP contribution in [0.2, 0.25) is 0 Å². The predicted molar refractivity (Wildman–Crippen MR) is 70.4 cm³/mol. The third-order valence-electron chi connectivity index (χ3n) is 3.53. The lowest BCUT2D eigenvalue weighted by Gasteiger charge is -2.22. The molecule has 1 aromatic heterocycles. The van der Waals surface area contributed by atoms with Crippen LogP contribution >= 0.6 is 0 Å². The minimum absolute atomic E-state index is 0.0573. The number of nitrogens with one attached hydrogen (secondary N) is 2. The van der Waals surface area contributed by atoms with Crippen molar-refractivity contribution in [2.45, 2.75) is 45.6 Å². The summed E-state index contributed by atoms with van der Waals surface area (Å²) >= 11 is 0. The number of piperidine rings is 1. The Labute approximate surface area is 113 Å². The van der Waals surface area contributed by atoms with E-state index in [9.17, 15) is 4.79 Å². The molecule has 2 N–H and O–H groups in total. The van der Waals surface area contributed by atoms with Gasteiger partial charge in [0.25, 0.3) is 0 Å². The summed E-state index contributed by atoms with van der Waals surface area (Å²) in [6.45, 7) is 5.77. The van der Waals surface area contributed by atoms with Crippen LogP contribution in [0.4, 0.5) is 0 Å². The number of hydrogen-bond acceptors (Lipinski definition) is 5. The Kier molecular flexibility index (Phi) is 4.90. The van der Waals surface area contributed by atoms with E-state index in [0.717, 1.165) is 19.5 Å². The molecule has 0 radical (unpaired) electrons. The summed E-state index contributed by atoms with van der Waals surface area (Å²) in [6.07, 6.45) is 3.88. The van der Waals surface area contributed by atoms with Crippen LogP contribution in [-0.2, 0) is 4.79 Å². The lowest BCUT2D eigenvalue weighted by molar-refractivity contribution is -0.122. The van der Waals surface area contributed by atoms with Gasteiger partial charge in [0.1, 0.15) is 6.04 Å². The first-order valence-corrected chi connectivity index (χ1v) is 6.95. The van der Waals surface area contributed by atoms with E-state index in [-0.39, 0.29) is 11.9 Å². The Balaban J connectivity index is 1.71. The molecule has 0 bridgehead atoms. The molecule has 1 atom stereocenters. The van der Waals surface area contributed by atoms with Gasteiger partial charge in [0, 0.05) is 6.42 Å². The van der Waals surface area contributed by atoms with E-state index in [0.29, 0.717) is 24.1 Å². The third-order valence-corrected chi connectivity index (χ3v) is 3.53. The molecule has 6 heteroatoms. The number of carbonyl (C=O) groups excluding carboxylic acids is 1. The van der Waals surface area contributed by atoms with E-state index in [4.69, 9.17) is 4.52 Å². The Hall–Kier alpha value is -1.43. The minimum atomic E-state index is -0.221. The van der Waals surface area contributed by atoms with Crippen molar-refractivity contribution in [3.05, 3.63) is 11.7 Å². The molecule has 0 aromatic carbocycles. The van der Waals surface area contributed by atoms with Crippen molar-refractivity contribution in [3.63, 3.8) is 0 Å². The maximum Gasteiger partial charge on any atom is 0.248 e. The second-order valence-corrected chi connectivity index (χ2v) is 5.20. The second-order valence-electron chi connectivity index (χ2n) is 5.20. The normalized spacial score (nSPS) is 18.2. The van der Waals surface area contributed by atoms with Crippen molar-refractivity contribution >= 4 is 5.91 Å². The first-order valence-electron chi connectivity index (χ1n) is 6.95. The lowest BCUT2D eigenvalue weighted by atomic mass is 9.93. The summed E-state index contributed by atoms with van der Waals surface area (Å²) in [5.41, 5.74) is 0. The van der Waals surface area contributed by atoms with Crippen LogP contribution in [0.5, 0.6) is 0 Å². The highest BCUT2D eigenvalue weighted by Gasteiger charge is 2.18. The van der Waals surface area contributed by atoms with Gasteiger partial charge >= 0.3 is 0 Å². The number of aromatic nitrogens is 2. The average Bonchev–Trinajstić information content (AvgIpc) is 2.84. The number of aryl methyl sites for hydroxylation is 1. The average molecular weight is 266 g/mol. The summed E-state index contributed by atoms with van der Waals surface area (Å²) in [4.78, 5) is 16.0. The van der Waals surface area contributed by atoms with Crippen LogP contribution in [0.3, 0.4) is 0 Å². The molecular weight excluding hydrogens is 244 g/mol. The molecule has 0 aliphatic carbocycles. The molecule has 1 fully saturated rings. The fourth-order valence-electron chi connectivity index (χ4n) is 2.37. The molecular formula is C13H22N4O2. The first-order chi connectivity index (χ1) is 9.15. The molecule has 1 aliphatic heterocycles. The van der Waals surface area contributed by atoms with Gasteiger partial charge in [0.15, 0.2) is 5.82 Å². The number of rotatable bonds is 5. The highest BCUT2D eigenvalue weighted by molar-refractivity contribution is 5.76. The first kappa shape index (κ1) is 14.0. The summed E-state index contributed by atoms with van der Waals surface area (Å²) in [7, 11) is 0. The van der Waals surface area contributed by atoms with Gasteiger partial charge in [0.05, 0.1) is 0 Å². The van der Waals surface area contributed by atoms with E-state index in [1.807, 2.05) is 6.92 Å². The second kappa shape index (κ2) is 6.65. The molecule has 106 valence electrons. The van der Waals surface area contributed by atoms with Crippen molar-refractivity contribution in [1.29, 1.82) is 0 Å². The summed E-state index contributed by atoms with van der Waals surface area (Å²) in [6, 6.07) is -0.221. The van der Waals surface area contributed by atoms with Gasteiger partial charge in [-0.1, -0.05) is 5.16 Å². The standard InChI is InChI=1S/C13H22N4O2/c1-9(13-16-10(2)17-19-13)15-12(18)4-3-11-5-7-14-8-6-11/h9,11,14H,3-8H2,1-2H3,(H,15,18). The molecule has 2 heterocycles. The largest absolute Gasteiger partial charge is 0.345 e. The van der Waals surface area contributed by atoms with E-state index >= 15 is 0 Å². The maximum absolute atomic E-state index is 11.9. The summed E-state index contributed by atoms with van der Waals surface area (Å²) < 4.78 is 5.04. The van der Waals surface area contributed by atoms with Crippen molar-refractivity contribution in [2.24, 2.45) is 5.92 Å². The molecule has 19 heavy (non-hydrogen) atoms. The molecule has 1 aliphatic rings. The molecule has 1 aromatic rings. The smallest absolute Gasteiger partial charge is 0.248 e. The topological polar surface area (TPSA) is 80.0 Å². The van der Waals surface area contributed by atoms with Crippen LogP contribution in [0.25, 0.3) is 0 Å². The Bertz CT molecular complexity index is 413. The van der Waals surface area contributed by atoms with Gasteiger partial charge in [-0.3, -0.25) is 4.79 Å². The van der Waals surface area contributed by atoms with Crippen LogP contribution in [0.15, 0.2) is 4.52 Å². The zero-order valence-corrected chi connectivity index (χ0v) is 11.6. The fourth-order valence-corrected chi connectivity index (χ4v) is 2.37. The SMILES string of the molecule is Cc1noc(C(C)NC(=O)CCC2CCNCC2)n1. The molecule has 1 unspecified atom stereocenters. The molecule has 1 saturated heterocycles. The van der Waals surface area contributed by atoms with E-state index in [2.05, 4.69) is 20.8 Å². The predicted octanol–water partition coefficient (Wildman–Crippen LogP) is 1.34. The zero-order valence-electron chi connectivity index (χ0n) is 11.6. The van der Waals surface area contributed by atoms with Crippen LogP contribution in [-0.4, -0.2) is 29.1 Å². The number of nitrogens with zero attached hydrogens (tertiary/aromatic N) is 2. The molecule has 0 saturated carbocycles. The van der Waals surface area contributed by atoms with Gasteiger partial charge in [-0.05, 0) is 52.1 Å². The van der Waals surface area contributed by atoms with Crippen molar-refractivity contribution in [1.82, 2.24) is 20.8 Å². The minimum Gasteiger partial charge on any atom is -0.345 e. The van der Waals surface area contributed by atoms with Crippen molar-refractivity contribution in [2.75, 3.05) is 13.1 Å². The maximum atomic E-state index is 11.9. The summed E-state index contributed by atoms with van der Waals surface area (Å²) in [5, 5.41) is 9.95. The lowest BCUT2D eigenvalue weighted by Crippen LogP contribution is -2.30. The molecule has 1 amide bonds. The Morgan fingerprint density at radius 1 is 1.53 bits per heavy atom. The number of hydrogen-bond donors (Lipinski definition) is 2. The zero-order chi connectivity index (χ0) is 13.7. The van der Waals surface area contributed by atoms with Gasteiger partial charge in [-0.15, -0.1) is 0 Å². The highest BCUT2D eigenvalue weighted by atomic mass is 16.5. The van der Waals surface area contributed by atoms with Gasteiger partial charge in [-0.2, -0.15) is 4.98 Å². The third kappa shape index (κ3) is 4.31. The van der Waals surface area contributed by atoms with Gasteiger partial charge in [0.2, 0.25) is 11.8 Å². The summed E-state index contributed by atoms with van der Waals surface area (Å²) in [5.74, 6) is 1.79. The van der Waals surface area contributed by atoms with E-state index in [1.54, 1.807) is 6.92 Å². The van der Waals surface area contributed by atoms with E-state index in [1.165, 1.54) is 12.8 Å². The molecule has 2 rings (SSSR count). The van der Waals surface area contributed by atoms with Gasteiger partial charge < -0.3 is 15.2 Å². The van der Waals surface area contributed by atoms with Crippen molar-refractivity contribution in [3.8, 4) is 0 Å². The van der Waals surface area contributed by atoms with Crippen LogP contribution < -0.4 is 10.6 Å². The Morgan fingerprint density at radius 2 is 2.26 bits per heavy atom. The molecule has 0 spiro atoms. The van der Waals surface area contributed by atoms with Gasteiger partial charge in [-0.25, -0.2) is 0 Å². The Morgan fingerprint density at radius 3 is 2.89 bits per heavy atom. The van der Waals surface area contributed by atoms with Crippen molar-refractivity contribution < 1.29 is 9.32 Å². The van der Waals surface area contributed by atoms with Crippen LogP contribution in [0, 0.1) is 12.8 Å². The van der Waals surface area contributed by atoms with E-state index < -0.39 is 0 Å². The quantitative estimate of drug-likeness (QED) is 0.840. The highest BCUT2D eigenvalue weighted by Crippen LogP contribution is 2.18. The number of carbonyl (C=O) groups is 1. The fraction of sp³-hybridized carbons (Fsp3) is 0.769. The van der Waals surface area contributed by atoms with Crippen LogP contribution in [0.1, 0.15) is 50.4 Å².